The van der Waals surface area contributed by atoms with Crippen LogP contribution < -0.4 is 14.5 Å². The molecular formula is C32H35N5O2S. The molecule has 2 heterocycles. The smallest absolute Gasteiger partial charge is 0.286 e. The van der Waals surface area contributed by atoms with Gasteiger partial charge in [0, 0.05) is 45.0 Å². The molecule has 7 nitrogen and oxygen atoms in total. The zero-order valence-electron chi connectivity index (χ0n) is 23.7. The predicted octanol–water partition coefficient (Wildman–Crippen LogP) is 6.43. The second-order valence-corrected chi connectivity index (χ2v) is 10.9. The number of methoxy groups -OCH3 is 1. The van der Waals surface area contributed by atoms with Gasteiger partial charge < -0.3 is 14.5 Å². The molecule has 0 N–H and O–H groups in total. The van der Waals surface area contributed by atoms with E-state index in [4.69, 9.17) is 9.84 Å². The Morgan fingerprint density at radius 1 is 0.950 bits per heavy atom. The number of hydrogen-bond donors (Lipinski definition) is 0. The number of thioether (sulfide) groups is 1. The maximum absolute atomic E-state index is 13.0. The van der Waals surface area contributed by atoms with Crippen molar-refractivity contribution in [2.24, 2.45) is 10.1 Å². The summed E-state index contributed by atoms with van der Waals surface area (Å²) in [4.78, 5) is 22.4. The van der Waals surface area contributed by atoms with Crippen molar-refractivity contribution in [1.82, 2.24) is 5.01 Å². The van der Waals surface area contributed by atoms with E-state index in [0.717, 1.165) is 46.9 Å². The van der Waals surface area contributed by atoms with Crippen LogP contribution in [0.25, 0.3) is 6.08 Å². The first-order valence-electron chi connectivity index (χ1n) is 13.6. The van der Waals surface area contributed by atoms with Gasteiger partial charge >= 0.3 is 0 Å². The normalized spacial score (nSPS) is 17.7. The van der Waals surface area contributed by atoms with Crippen LogP contribution in [-0.4, -0.2) is 56.1 Å². The van der Waals surface area contributed by atoms with E-state index in [2.05, 4.69) is 77.2 Å². The maximum Gasteiger partial charge on any atom is 0.286 e. The summed E-state index contributed by atoms with van der Waals surface area (Å²) < 4.78 is 5.33. The van der Waals surface area contributed by atoms with Crippen LogP contribution in [0.5, 0.6) is 5.75 Å². The van der Waals surface area contributed by atoms with Gasteiger partial charge in [0.25, 0.3) is 5.91 Å². The number of anilines is 2. The third kappa shape index (κ3) is 5.77. The lowest BCUT2D eigenvalue weighted by molar-refractivity contribution is -0.113. The third-order valence-electron chi connectivity index (χ3n) is 7.25. The number of ether oxygens (including phenoxy) is 1. The summed E-state index contributed by atoms with van der Waals surface area (Å²) in [5, 5.41) is 7.51. The summed E-state index contributed by atoms with van der Waals surface area (Å²) >= 11 is 1.38. The molecule has 5 rings (SSSR count). The Bertz CT molecular complexity index is 1440. The molecule has 0 aliphatic carbocycles. The first-order valence-corrected chi connectivity index (χ1v) is 14.4. The molecule has 2 aliphatic rings. The third-order valence-corrected chi connectivity index (χ3v) is 8.23. The second-order valence-electron chi connectivity index (χ2n) is 9.90. The number of rotatable bonds is 8. The van der Waals surface area contributed by atoms with Crippen LogP contribution in [0, 0.1) is 0 Å². The molecule has 0 aromatic heterocycles. The molecule has 3 aromatic carbocycles. The second kappa shape index (κ2) is 12.0. The Morgan fingerprint density at radius 2 is 1.60 bits per heavy atom. The summed E-state index contributed by atoms with van der Waals surface area (Å²) in [6, 6.07) is 24.7. The van der Waals surface area contributed by atoms with Crippen LogP contribution >= 0.6 is 11.8 Å². The summed E-state index contributed by atoms with van der Waals surface area (Å²) in [7, 11) is 5.72. The Balaban J connectivity index is 1.42. The highest BCUT2D eigenvalue weighted by Crippen LogP contribution is 2.40. The number of amides is 1. The number of hydrazone groups is 1. The lowest BCUT2D eigenvalue weighted by Gasteiger charge is -2.23. The van der Waals surface area contributed by atoms with Gasteiger partial charge in [-0.05, 0) is 96.9 Å². The largest absolute Gasteiger partial charge is 0.497 e. The molecule has 0 spiro atoms. The molecule has 206 valence electrons. The zero-order valence-corrected chi connectivity index (χ0v) is 24.5. The van der Waals surface area contributed by atoms with E-state index in [1.54, 1.807) is 7.11 Å². The van der Waals surface area contributed by atoms with Gasteiger partial charge in [0.1, 0.15) is 5.75 Å². The van der Waals surface area contributed by atoms with E-state index in [1.807, 2.05) is 49.4 Å². The van der Waals surface area contributed by atoms with Gasteiger partial charge in [-0.15, -0.1) is 0 Å². The number of carbonyl (C=O) groups excluding carboxylic acids is 1. The molecule has 1 amide bonds. The lowest BCUT2D eigenvalue weighted by Crippen LogP contribution is -2.23. The number of aliphatic imine (C=N–C) groups is 1. The SMILES string of the molecule is CCN(CC)c1ccc(/C=C2\SC(N3N=C(c4ccc(OC)cc4)CC3c3ccc(N(C)C)cc3)=NC2=O)cc1. The van der Waals surface area contributed by atoms with Crippen LogP contribution in [0.1, 0.15) is 43.0 Å². The van der Waals surface area contributed by atoms with Crippen LogP contribution in [0.3, 0.4) is 0 Å². The zero-order chi connectivity index (χ0) is 28.2. The van der Waals surface area contributed by atoms with Gasteiger partial charge in [0.2, 0.25) is 0 Å². The van der Waals surface area contributed by atoms with Gasteiger partial charge in [-0.25, -0.2) is 5.01 Å². The van der Waals surface area contributed by atoms with E-state index >= 15 is 0 Å². The minimum Gasteiger partial charge on any atom is -0.497 e. The van der Waals surface area contributed by atoms with Gasteiger partial charge in [-0.3, -0.25) is 4.79 Å². The monoisotopic (exact) mass is 553 g/mol. The minimum atomic E-state index is -0.234. The fourth-order valence-corrected chi connectivity index (χ4v) is 5.83. The van der Waals surface area contributed by atoms with Crippen molar-refractivity contribution in [3.63, 3.8) is 0 Å². The molecule has 2 aliphatic heterocycles. The highest BCUT2D eigenvalue weighted by Gasteiger charge is 2.36. The molecule has 3 aromatic rings. The van der Waals surface area contributed by atoms with Crippen molar-refractivity contribution in [2.75, 3.05) is 44.1 Å². The lowest BCUT2D eigenvalue weighted by atomic mass is 9.98. The van der Waals surface area contributed by atoms with Gasteiger partial charge in [-0.2, -0.15) is 10.1 Å². The number of amidine groups is 1. The molecule has 8 heteroatoms. The van der Waals surface area contributed by atoms with Crippen LogP contribution in [-0.2, 0) is 4.79 Å². The first-order chi connectivity index (χ1) is 19.4. The molecule has 0 fully saturated rings. The minimum absolute atomic E-state index is 0.0694. The Labute approximate surface area is 240 Å². The highest BCUT2D eigenvalue weighted by molar-refractivity contribution is 8.18. The fourth-order valence-electron chi connectivity index (χ4n) is 4.92. The van der Waals surface area contributed by atoms with Gasteiger partial charge in [0.05, 0.1) is 23.8 Å². The Morgan fingerprint density at radius 3 is 2.20 bits per heavy atom. The summed E-state index contributed by atoms with van der Waals surface area (Å²) in [5.41, 5.74) is 6.38. The summed E-state index contributed by atoms with van der Waals surface area (Å²) in [6.07, 6.45) is 2.62. The van der Waals surface area contributed by atoms with Crippen molar-refractivity contribution < 1.29 is 9.53 Å². The average Bonchev–Trinajstić information content (AvgIpc) is 3.58. The standard InChI is InChI=1S/C32H35N5O2S/c1-6-36(7-2)26-14-8-22(9-15-26)20-30-31(38)33-32(40-30)37-29(24-10-16-25(17-11-24)35(3)4)21-28(34-37)23-12-18-27(39-5)19-13-23/h8-20,29H,6-7,21H2,1-5H3/b30-20-. The molecule has 0 saturated carbocycles. The quantitative estimate of drug-likeness (QED) is 0.300. The molecule has 40 heavy (non-hydrogen) atoms. The molecule has 0 radical (unpaired) electrons. The van der Waals surface area contributed by atoms with Gasteiger partial charge in [0.15, 0.2) is 5.17 Å². The first kappa shape index (κ1) is 27.5. The Hall–Kier alpha value is -4.04. The number of hydrogen-bond acceptors (Lipinski definition) is 7. The number of benzene rings is 3. The topological polar surface area (TPSA) is 60.7 Å². The predicted molar refractivity (Wildman–Crippen MR) is 168 cm³/mol. The van der Waals surface area contributed by atoms with Gasteiger partial charge in [-0.1, -0.05) is 24.3 Å². The molecule has 1 unspecified atom stereocenters. The maximum atomic E-state index is 13.0. The van der Waals surface area contributed by atoms with Crippen molar-refractivity contribution in [1.29, 1.82) is 0 Å². The molecular weight excluding hydrogens is 518 g/mol. The summed E-state index contributed by atoms with van der Waals surface area (Å²) in [5.74, 6) is 0.568. The van der Waals surface area contributed by atoms with Crippen molar-refractivity contribution in [3.05, 3.63) is 94.4 Å². The van der Waals surface area contributed by atoms with E-state index in [-0.39, 0.29) is 11.9 Å². The molecule has 0 bridgehead atoms. The summed E-state index contributed by atoms with van der Waals surface area (Å²) in [6.45, 7) is 6.21. The Kier molecular flexibility index (Phi) is 8.26. The van der Waals surface area contributed by atoms with Crippen LogP contribution in [0.4, 0.5) is 11.4 Å². The fraction of sp³-hybridized carbons (Fsp3) is 0.281. The average molecular weight is 554 g/mol. The van der Waals surface area contributed by atoms with E-state index in [1.165, 1.54) is 17.4 Å². The number of nitrogens with zero attached hydrogens (tertiary/aromatic N) is 5. The highest BCUT2D eigenvalue weighted by atomic mass is 32.2. The van der Waals surface area contributed by atoms with Crippen molar-refractivity contribution in [2.45, 2.75) is 26.3 Å². The van der Waals surface area contributed by atoms with Crippen LogP contribution in [0.2, 0.25) is 0 Å². The molecule has 1 atom stereocenters. The number of carbonyl (C=O) groups is 1. The van der Waals surface area contributed by atoms with E-state index < -0.39 is 0 Å². The van der Waals surface area contributed by atoms with E-state index in [0.29, 0.717) is 16.5 Å². The van der Waals surface area contributed by atoms with Crippen LogP contribution in [0.15, 0.2) is 87.8 Å². The van der Waals surface area contributed by atoms with E-state index in [9.17, 15) is 4.79 Å². The van der Waals surface area contributed by atoms with Crippen molar-refractivity contribution >= 4 is 46.0 Å². The van der Waals surface area contributed by atoms with Crippen molar-refractivity contribution in [3.8, 4) is 5.75 Å². The molecule has 0 saturated heterocycles.